The third kappa shape index (κ3) is 1.87. The third-order valence-corrected chi connectivity index (χ3v) is 2.38. The molecule has 0 aliphatic heterocycles. The van der Waals surface area contributed by atoms with Gasteiger partial charge in [0.05, 0.1) is 11.7 Å². The number of hydrogen-bond acceptors (Lipinski definition) is 3. The van der Waals surface area contributed by atoms with E-state index in [0.29, 0.717) is 17.5 Å². The molecule has 0 aliphatic rings. The van der Waals surface area contributed by atoms with Crippen LogP contribution in [0.5, 0.6) is 0 Å². The van der Waals surface area contributed by atoms with Gasteiger partial charge in [-0.15, -0.1) is 0 Å². The molecule has 0 atom stereocenters. The van der Waals surface area contributed by atoms with Crippen molar-refractivity contribution in [2.45, 2.75) is 6.92 Å². The summed E-state index contributed by atoms with van der Waals surface area (Å²) in [5.74, 6) is -1.26. The second kappa shape index (κ2) is 4.29. The molecule has 1 aromatic carbocycles. The number of carbonyl (C=O) groups is 1. The normalized spacial score (nSPS) is 10.4. The van der Waals surface area contributed by atoms with E-state index in [9.17, 15) is 9.59 Å². The van der Waals surface area contributed by atoms with Gasteiger partial charge in [0.1, 0.15) is 12.2 Å². The number of para-hydroxylation sites is 1. The number of carboxylic acid groups (broad SMARTS) is 1. The molecule has 0 aliphatic carbocycles. The smallest absolute Gasteiger partial charge is 0.341 e. The van der Waals surface area contributed by atoms with E-state index in [2.05, 4.69) is 0 Å². The summed E-state index contributed by atoms with van der Waals surface area (Å²) in [5, 5.41) is 9.28. The lowest BCUT2D eigenvalue weighted by Gasteiger charge is -2.11. The van der Waals surface area contributed by atoms with Crippen LogP contribution in [-0.2, 0) is 0 Å². The highest BCUT2D eigenvalue weighted by atomic mass is 16.7. The van der Waals surface area contributed by atoms with Gasteiger partial charge in [-0.1, -0.05) is 12.1 Å². The van der Waals surface area contributed by atoms with Gasteiger partial charge in [0, 0.05) is 5.39 Å². The first-order chi connectivity index (χ1) is 8.15. The summed E-state index contributed by atoms with van der Waals surface area (Å²) in [5.41, 5.74) is -0.231. The van der Waals surface area contributed by atoms with Gasteiger partial charge in [-0.05, 0) is 19.1 Å². The number of carboxylic acids is 1. The minimum atomic E-state index is -1.26. The lowest BCUT2D eigenvalue weighted by atomic mass is 10.1. The zero-order valence-corrected chi connectivity index (χ0v) is 9.21. The maximum atomic E-state index is 11.9. The summed E-state index contributed by atoms with van der Waals surface area (Å²) in [6.45, 7) is 2.17. The lowest BCUT2D eigenvalue weighted by Crippen LogP contribution is -2.22. The van der Waals surface area contributed by atoms with Crippen molar-refractivity contribution >= 4 is 16.9 Å². The summed E-state index contributed by atoms with van der Waals surface area (Å²) in [6, 6.07) is 6.74. The largest absolute Gasteiger partial charge is 0.477 e. The van der Waals surface area contributed by atoms with E-state index in [1.54, 1.807) is 31.2 Å². The van der Waals surface area contributed by atoms with E-state index < -0.39 is 11.4 Å². The average Bonchev–Trinajstić information content (AvgIpc) is 2.33. The molecule has 0 fully saturated rings. The van der Waals surface area contributed by atoms with E-state index in [4.69, 9.17) is 9.94 Å². The number of aromatic carboxylic acids is 1. The van der Waals surface area contributed by atoms with Gasteiger partial charge in [0.2, 0.25) is 5.43 Å². The Bertz CT molecular complexity index is 630. The Labute approximate surface area is 96.8 Å². The van der Waals surface area contributed by atoms with Gasteiger partial charge in [0.15, 0.2) is 0 Å². The van der Waals surface area contributed by atoms with Crippen LogP contribution in [0.25, 0.3) is 10.9 Å². The molecule has 1 heterocycles. The summed E-state index contributed by atoms with van der Waals surface area (Å²) < 4.78 is 1.32. The zero-order valence-electron chi connectivity index (χ0n) is 9.21. The fourth-order valence-corrected chi connectivity index (χ4v) is 1.65. The molecule has 17 heavy (non-hydrogen) atoms. The van der Waals surface area contributed by atoms with E-state index in [1.165, 1.54) is 10.9 Å². The maximum absolute atomic E-state index is 11.9. The highest BCUT2D eigenvalue weighted by Gasteiger charge is 2.14. The van der Waals surface area contributed by atoms with Crippen molar-refractivity contribution in [2.24, 2.45) is 0 Å². The maximum Gasteiger partial charge on any atom is 0.341 e. The first-order valence-corrected chi connectivity index (χ1v) is 5.16. The molecule has 0 spiro atoms. The van der Waals surface area contributed by atoms with Crippen LogP contribution < -0.4 is 10.3 Å². The molecule has 2 rings (SSSR count). The first kappa shape index (κ1) is 11.2. The van der Waals surface area contributed by atoms with Gasteiger partial charge in [0.25, 0.3) is 0 Å². The van der Waals surface area contributed by atoms with Crippen molar-refractivity contribution < 1.29 is 14.7 Å². The molecule has 5 nitrogen and oxygen atoms in total. The summed E-state index contributed by atoms with van der Waals surface area (Å²) in [4.78, 5) is 28.1. The Morgan fingerprint density at radius 1 is 1.41 bits per heavy atom. The highest BCUT2D eigenvalue weighted by molar-refractivity contribution is 5.92. The Morgan fingerprint density at radius 2 is 2.12 bits per heavy atom. The van der Waals surface area contributed by atoms with Crippen molar-refractivity contribution in [1.82, 2.24) is 4.73 Å². The predicted octanol–water partition coefficient (Wildman–Crippen LogP) is 1.15. The predicted molar refractivity (Wildman–Crippen MR) is 62.3 cm³/mol. The number of rotatable bonds is 3. The van der Waals surface area contributed by atoms with Crippen molar-refractivity contribution in [3.8, 4) is 0 Å². The van der Waals surface area contributed by atoms with Crippen LogP contribution in [0.2, 0.25) is 0 Å². The zero-order chi connectivity index (χ0) is 12.4. The number of hydrogen-bond donors (Lipinski definition) is 1. The minimum Gasteiger partial charge on any atom is -0.477 e. The molecule has 1 N–H and O–H groups in total. The second-order valence-electron chi connectivity index (χ2n) is 3.44. The van der Waals surface area contributed by atoms with Gasteiger partial charge in [-0.3, -0.25) is 4.79 Å². The first-order valence-electron chi connectivity index (χ1n) is 5.16. The highest BCUT2D eigenvalue weighted by Crippen LogP contribution is 2.10. The monoisotopic (exact) mass is 233 g/mol. The SMILES string of the molecule is CCOn1cc(C(=O)O)c(=O)c2ccccc21. The molecule has 1 aromatic heterocycles. The van der Waals surface area contributed by atoms with E-state index >= 15 is 0 Å². The molecule has 5 heteroatoms. The number of nitrogens with zero attached hydrogens (tertiary/aromatic N) is 1. The molecule has 2 aromatic rings. The van der Waals surface area contributed by atoms with E-state index in [-0.39, 0.29) is 5.56 Å². The number of benzene rings is 1. The second-order valence-corrected chi connectivity index (χ2v) is 3.44. The molecule has 0 amide bonds. The number of pyridine rings is 1. The van der Waals surface area contributed by atoms with Crippen molar-refractivity contribution in [3.05, 3.63) is 46.2 Å². The number of fused-ring (bicyclic) bond motifs is 1. The fraction of sp³-hybridized carbons (Fsp3) is 0.167. The molecular formula is C12H11NO4. The van der Waals surface area contributed by atoms with E-state index in [0.717, 1.165) is 0 Å². The van der Waals surface area contributed by atoms with Crippen molar-refractivity contribution in [3.63, 3.8) is 0 Å². The van der Waals surface area contributed by atoms with Crippen LogP contribution >= 0.6 is 0 Å². The summed E-state index contributed by atoms with van der Waals surface area (Å²) in [6.07, 6.45) is 1.20. The van der Waals surface area contributed by atoms with E-state index in [1.807, 2.05) is 0 Å². The Balaban J connectivity index is 2.84. The van der Waals surface area contributed by atoms with Gasteiger partial charge < -0.3 is 9.94 Å². The molecular weight excluding hydrogens is 222 g/mol. The Morgan fingerprint density at radius 3 is 2.76 bits per heavy atom. The van der Waals surface area contributed by atoms with Crippen LogP contribution in [0.4, 0.5) is 0 Å². The van der Waals surface area contributed by atoms with Gasteiger partial charge in [-0.2, -0.15) is 4.73 Å². The fourth-order valence-electron chi connectivity index (χ4n) is 1.65. The molecule has 88 valence electrons. The molecule has 0 radical (unpaired) electrons. The summed E-state index contributed by atoms with van der Waals surface area (Å²) in [7, 11) is 0. The quantitative estimate of drug-likeness (QED) is 0.863. The van der Waals surface area contributed by atoms with Crippen LogP contribution in [0.15, 0.2) is 35.3 Å². The minimum absolute atomic E-state index is 0.294. The van der Waals surface area contributed by atoms with Crippen LogP contribution in [0.3, 0.4) is 0 Å². The number of aromatic nitrogens is 1. The molecule has 0 saturated carbocycles. The average molecular weight is 233 g/mol. The lowest BCUT2D eigenvalue weighted by molar-refractivity contribution is 0.0688. The Hall–Kier alpha value is -2.30. The van der Waals surface area contributed by atoms with Crippen LogP contribution in [0.1, 0.15) is 17.3 Å². The summed E-state index contributed by atoms with van der Waals surface area (Å²) >= 11 is 0. The van der Waals surface area contributed by atoms with Crippen LogP contribution in [-0.4, -0.2) is 22.4 Å². The molecule has 0 saturated heterocycles. The Kier molecular flexibility index (Phi) is 2.82. The standard InChI is InChI=1S/C12H11NO4/c1-2-17-13-7-9(12(15)16)11(14)8-5-3-4-6-10(8)13/h3-7H,2H2,1H3,(H,15,16). The van der Waals surface area contributed by atoms with Gasteiger partial charge >= 0.3 is 5.97 Å². The van der Waals surface area contributed by atoms with Crippen molar-refractivity contribution in [1.29, 1.82) is 0 Å². The third-order valence-electron chi connectivity index (χ3n) is 2.38. The molecule has 0 bridgehead atoms. The topological polar surface area (TPSA) is 68.5 Å². The van der Waals surface area contributed by atoms with Crippen LogP contribution in [0, 0.1) is 0 Å². The van der Waals surface area contributed by atoms with Crippen molar-refractivity contribution in [2.75, 3.05) is 6.61 Å². The van der Waals surface area contributed by atoms with Gasteiger partial charge in [-0.25, -0.2) is 4.79 Å². The molecule has 0 unspecified atom stereocenters.